The molecule has 1 atom stereocenters. The number of nitrogens with one attached hydrogen (secondary N) is 1. The Hall–Kier alpha value is -0.540. The van der Waals surface area contributed by atoms with Gasteiger partial charge in [-0.3, -0.25) is 0 Å². The lowest BCUT2D eigenvalue weighted by molar-refractivity contribution is 0.351. The molecule has 0 amide bonds. The molecule has 1 aromatic rings. The number of rotatable bonds is 5. The molecule has 0 aromatic heterocycles. The molecule has 1 aliphatic carbocycles. The molecule has 2 aliphatic rings. The van der Waals surface area contributed by atoms with E-state index in [-0.39, 0.29) is 0 Å². The van der Waals surface area contributed by atoms with Crippen LogP contribution < -0.4 is 10.1 Å². The van der Waals surface area contributed by atoms with Crippen LogP contribution in [0.4, 0.5) is 0 Å². The van der Waals surface area contributed by atoms with Crippen molar-refractivity contribution in [2.45, 2.75) is 32.7 Å². The van der Waals surface area contributed by atoms with Crippen molar-refractivity contribution in [2.24, 2.45) is 11.8 Å². The Bertz CT molecular complexity index is 442. The van der Waals surface area contributed by atoms with Gasteiger partial charge in [-0.15, -0.1) is 0 Å². The van der Waals surface area contributed by atoms with Gasteiger partial charge in [-0.05, 0) is 48.9 Å². The van der Waals surface area contributed by atoms with E-state index in [1.807, 2.05) is 0 Å². The third-order valence-corrected chi connectivity index (χ3v) is 4.49. The number of hydrogen-bond donors (Lipinski definition) is 1. The first-order chi connectivity index (χ1) is 8.74. The maximum Gasteiger partial charge on any atom is 0.127 e. The maximum absolute atomic E-state index is 5.74. The summed E-state index contributed by atoms with van der Waals surface area (Å²) >= 11 is 3.59. The van der Waals surface area contributed by atoms with E-state index in [0.29, 0.717) is 0 Å². The van der Waals surface area contributed by atoms with E-state index in [9.17, 15) is 0 Å². The van der Waals surface area contributed by atoms with E-state index in [1.165, 1.54) is 28.4 Å². The second-order valence-electron chi connectivity index (χ2n) is 5.60. The quantitative estimate of drug-likeness (QED) is 0.898. The summed E-state index contributed by atoms with van der Waals surface area (Å²) in [7, 11) is 0. The van der Waals surface area contributed by atoms with Crippen LogP contribution in [0.5, 0.6) is 5.75 Å². The highest BCUT2D eigenvalue weighted by Crippen LogP contribution is 2.36. The zero-order valence-corrected chi connectivity index (χ0v) is 12.4. The molecule has 2 nitrogen and oxygen atoms in total. The molecular weight excluding hydrogens is 290 g/mol. The van der Waals surface area contributed by atoms with Crippen molar-refractivity contribution in [3.63, 3.8) is 0 Å². The first kappa shape index (κ1) is 12.5. The Labute approximate surface area is 117 Å². The van der Waals surface area contributed by atoms with Gasteiger partial charge in [-0.1, -0.05) is 22.9 Å². The number of ether oxygens (including phenoxy) is 1. The molecule has 0 spiro atoms. The van der Waals surface area contributed by atoms with E-state index in [2.05, 4.69) is 40.3 Å². The van der Waals surface area contributed by atoms with Crippen LogP contribution in [0, 0.1) is 11.8 Å². The lowest BCUT2D eigenvalue weighted by Gasteiger charge is -2.13. The van der Waals surface area contributed by atoms with Crippen molar-refractivity contribution in [2.75, 3.05) is 13.2 Å². The second-order valence-corrected chi connectivity index (χ2v) is 6.51. The van der Waals surface area contributed by atoms with Crippen LogP contribution in [-0.4, -0.2) is 13.2 Å². The van der Waals surface area contributed by atoms with Gasteiger partial charge in [-0.2, -0.15) is 0 Å². The summed E-state index contributed by atoms with van der Waals surface area (Å²) < 4.78 is 6.91. The highest BCUT2D eigenvalue weighted by Gasteiger charge is 2.27. The van der Waals surface area contributed by atoms with Crippen LogP contribution in [-0.2, 0) is 13.0 Å². The predicted octanol–water partition coefficient (Wildman–Crippen LogP) is 3.52. The third-order valence-electron chi connectivity index (χ3n) is 4.03. The Morgan fingerprint density at radius 3 is 3.06 bits per heavy atom. The van der Waals surface area contributed by atoms with Gasteiger partial charge >= 0.3 is 0 Å². The standard InChI is InChI=1S/C15H20BrNO/c1-10(11-2-3-11)8-17-9-13-7-14(16)6-12-4-5-18-15(12)13/h6-7,10-11,17H,2-5,8-9H2,1H3. The molecule has 1 saturated carbocycles. The van der Waals surface area contributed by atoms with Crippen molar-refractivity contribution >= 4 is 15.9 Å². The first-order valence-electron chi connectivity index (χ1n) is 6.89. The van der Waals surface area contributed by atoms with Crippen LogP contribution in [0.15, 0.2) is 16.6 Å². The van der Waals surface area contributed by atoms with Crippen molar-refractivity contribution in [3.05, 3.63) is 27.7 Å². The van der Waals surface area contributed by atoms with Gasteiger partial charge in [0.05, 0.1) is 6.61 Å². The fourth-order valence-corrected chi connectivity index (χ4v) is 3.30. The summed E-state index contributed by atoms with van der Waals surface area (Å²) in [6.07, 6.45) is 3.90. The van der Waals surface area contributed by atoms with Crippen LogP contribution >= 0.6 is 15.9 Å². The summed E-state index contributed by atoms with van der Waals surface area (Å²) in [5.74, 6) is 2.90. The smallest absolute Gasteiger partial charge is 0.127 e. The SMILES string of the molecule is CC(CNCc1cc(Br)cc2c1OCC2)C1CC1. The van der Waals surface area contributed by atoms with Gasteiger partial charge in [0.2, 0.25) is 0 Å². The Balaban J connectivity index is 1.61. The number of halogens is 1. The Morgan fingerprint density at radius 1 is 1.44 bits per heavy atom. The van der Waals surface area contributed by atoms with E-state index in [4.69, 9.17) is 4.74 Å². The summed E-state index contributed by atoms with van der Waals surface area (Å²) in [5, 5.41) is 3.58. The molecule has 98 valence electrons. The molecule has 18 heavy (non-hydrogen) atoms. The third kappa shape index (κ3) is 2.72. The molecule has 1 fully saturated rings. The van der Waals surface area contributed by atoms with E-state index in [0.717, 1.165) is 43.7 Å². The van der Waals surface area contributed by atoms with E-state index in [1.54, 1.807) is 0 Å². The number of hydrogen-bond acceptors (Lipinski definition) is 2. The van der Waals surface area contributed by atoms with Crippen LogP contribution in [0.2, 0.25) is 0 Å². The summed E-state index contributed by atoms with van der Waals surface area (Å²) in [6, 6.07) is 4.36. The Kier molecular flexibility index (Phi) is 3.62. The molecule has 0 saturated heterocycles. The van der Waals surface area contributed by atoms with Gasteiger partial charge in [0.25, 0.3) is 0 Å². The molecule has 1 aliphatic heterocycles. The van der Waals surface area contributed by atoms with E-state index >= 15 is 0 Å². The lowest BCUT2D eigenvalue weighted by atomic mass is 10.1. The molecule has 1 heterocycles. The zero-order valence-electron chi connectivity index (χ0n) is 10.8. The minimum Gasteiger partial charge on any atom is -0.493 e. The first-order valence-corrected chi connectivity index (χ1v) is 7.68. The van der Waals surface area contributed by atoms with Crippen molar-refractivity contribution < 1.29 is 4.74 Å². The highest BCUT2D eigenvalue weighted by atomic mass is 79.9. The minimum absolute atomic E-state index is 0.811. The molecular formula is C15H20BrNO. The number of fused-ring (bicyclic) bond motifs is 1. The van der Waals surface area contributed by atoms with Crippen LogP contribution in [0.25, 0.3) is 0 Å². The fraction of sp³-hybridized carbons (Fsp3) is 0.600. The average Bonchev–Trinajstić information content (AvgIpc) is 3.08. The Morgan fingerprint density at radius 2 is 2.28 bits per heavy atom. The van der Waals surface area contributed by atoms with Gasteiger partial charge in [0.15, 0.2) is 0 Å². The van der Waals surface area contributed by atoms with Crippen molar-refractivity contribution in [1.82, 2.24) is 5.32 Å². The molecule has 3 heteroatoms. The molecule has 0 bridgehead atoms. The van der Waals surface area contributed by atoms with Crippen molar-refractivity contribution in [1.29, 1.82) is 0 Å². The zero-order chi connectivity index (χ0) is 12.5. The normalized spacial score (nSPS) is 19.4. The van der Waals surface area contributed by atoms with Gasteiger partial charge < -0.3 is 10.1 Å². The van der Waals surface area contributed by atoms with Gasteiger partial charge in [0, 0.05) is 23.0 Å². The monoisotopic (exact) mass is 309 g/mol. The summed E-state index contributed by atoms with van der Waals surface area (Å²) in [4.78, 5) is 0. The summed E-state index contributed by atoms with van der Waals surface area (Å²) in [6.45, 7) is 5.22. The van der Waals surface area contributed by atoms with Crippen molar-refractivity contribution in [3.8, 4) is 5.75 Å². The predicted molar refractivity (Wildman–Crippen MR) is 76.9 cm³/mol. The lowest BCUT2D eigenvalue weighted by Crippen LogP contribution is -2.22. The number of benzene rings is 1. The summed E-state index contributed by atoms with van der Waals surface area (Å²) in [5.41, 5.74) is 2.64. The van der Waals surface area contributed by atoms with Gasteiger partial charge in [0.1, 0.15) is 5.75 Å². The van der Waals surface area contributed by atoms with Gasteiger partial charge in [-0.25, -0.2) is 0 Å². The molecule has 3 rings (SSSR count). The minimum atomic E-state index is 0.811. The highest BCUT2D eigenvalue weighted by molar-refractivity contribution is 9.10. The van der Waals surface area contributed by atoms with Crippen LogP contribution in [0.1, 0.15) is 30.9 Å². The molecule has 1 aromatic carbocycles. The molecule has 0 radical (unpaired) electrons. The van der Waals surface area contributed by atoms with Crippen LogP contribution in [0.3, 0.4) is 0 Å². The largest absolute Gasteiger partial charge is 0.493 e. The molecule has 1 N–H and O–H groups in total. The average molecular weight is 310 g/mol. The topological polar surface area (TPSA) is 21.3 Å². The fourth-order valence-electron chi connectivity index (χ4n) is 2.74. The van der Waals surface area contributed by atoms with E-state index < -0.39 is 0 Å². The maximum atomic E-state index is 5.74. The molecule has 1 unspecified atom stereocenters. The second kappa shape index (κ2) is 5.22.